The molecule has 0 aromatic heterocycles. The number of alkyl halides is 2. The number of rotatable bonds is 0. The summed E-state index contributed by atoms with van der Waals surface area (Å²) in [6.07, 6.45) is 0. The van der Waals surface area contributed by atoms with Crippen LogP contribution in [0.4, 0.5) is 9.59 Å². The first-order valence-corrected chi connectivity index (χ1v) is 5.04. The lowest BCUT2D eigenvalue weighted by atomic mass is 10.1. The minimum absolute atomic E-state index is 0.567. The molecule has 88 valence electrons. The quantitative estimate of drug-likeness (QED) is 0.465. The van der Waals surface area contributed by atoms with Gasteiger partial charge in [-0.3, -0.25) is 25.2 Å². The largest absolute Gasteiger partial charge is 0.324 e. The maximum absolute atomic E-state index is 11.7. The first-order chi connectivity index (χ1) is 7.25. The third-order valence-corrected chi connectivity index (χ3v) is 4.16. The Morgan fingerprint density at radius 2 is 1.69 bits per heavy atom. The van der Waals surface area contributed by atoms with Crippen molar-refractivity contribution in [3.05, 3.63) is 0 Å². The minimum Gasteiger partial charge on any atom is -0.298 e. The molecule has 0 spiro atoms. The normalized spacial score (nSPS) is 38.4. The van der Waals surface area contributed by atoms with E-state index in [0.717, 1.165) is 9.80 Å². The third kappa shape index (κ3) is 0.971. The molecule has 0 saturated carbocycles. The van der Waals surface area contributed by atoms with Crippen LogP contribution in [0.1, 0.15) is 0 Å². The summed E-state index contributed by atoms with van der Waals surface area (Å²) in [5.74, 6) is -0.840. The molecular formula is C7H8Cl2N4O3. The topological polar surface area (TPSA) is 81.8 Å². The zero-order chi connectivity index (χ0) is 12.3. The number of hydrogen-bond acceptors (Lipinski definition) is 3. The minimum atomic E-state index is -1.87. The Kier molecular flexibility index (Phi) is 2.06. The van der Waals surface area contributed by atoms with Crippen molar-refractivity contribution in [2.45, 2.75) is 10.1 Å². The number of carbonyl (C=O) groups excluding carboxylic acids is 3. The maximum Gasteiger partial charge on any atom is 0.324 e. The molecule has 2 atom stereocenters. The SMILES string of the molecule is CN1C(=O)N(C)C2(Cl)C(=O)NC(=O)NC12Cl. The van der Waals surface area contributed by atoms with Crippen molar-refractivity contribution in [3.63, 3.8) is 0 Å². The first-order valence-electron chi connectivity index (χ1n) is 4.28. The van der Waals surface area contributed by atoms with Gasteiger partial charge in [0.2, 0.25) is 5.12 Å². The number of halogens is 2. The van der Waals surface area contributed by atoms with Crippen LogP contribution in [0.15, 0.2) is 0 Å². The molecule has 16 heavy (non-hydrogen) atoms. The molecule has 2 heterocycles. The molecule has 0 bridgehead atoms. The van der Waals surface area contributed by atoms with E-state index >= 15 is 0 Å². The van der Waals surface area contributed by atoms with E-state index < -0.39 is 28.1 Å². The van der Waals surface area contributed by atoms with E-state index in [0.29, 0.717) is 0 Å². The molecular weight excluding hydrogens is 259 g/mol. The van der Waals surface area contributed by atoms with E-state index in [-0.39, 0.29) is 0 Å². The summed E-state index contributed by atoms with van der Waals surface area (Å²) in [6.45, 7) is 0. The molecule has 2 unspecified atom stereocenters. The summed E-state index contributed by atoms with van der Waals surface area (Å²) in [4.78, 5) is 34.7. The summed E-state index contributed by atoms with van der Waals surface area (Å²) < 4.78 is 0. The highest BCUT2D eigenvalue weighted by Crippen LogP contribution is 2.45. The van der Waals surface area contributed by atoms with Gasteiger partial charge in [0, 0.05) is 14.1 Å². The average Bonchev–Trinajstić information content (AvgIpc) is 2.32. The fourth-order valence-corrected chi connectivity index (χ4v) is 2.43. The maximum atomic E-state index is 11.7. The first kappa shape index (κ1) is 11.3. The van der Waals surface area contributed by atoms with Crippen LogP contribution in [0.25, 0.3) is 0 Å². The number of likely N-dealkylation sites (N-methyl/N-ethyl adjacent to an activating group) is 2. The molecule has 2 aliphatic rings. The Balaban J connectivity index is 2.60. The Morgan fingerprint density at radius 3 is 2.25 bits per heavy atom. The summed E-state index contributed by atoms with van der Waals surface area (Å²) in [5.41, 5.74) is 0. The molecule has 0 aliphatic carbocycles. The van der Waals surface area contributed by atoms with Gasteiger partial charge in [-0.25, -0.2) is 9.59 Å². The Bertz CT molecular complexity index is 416. The second-order valence-electron chi connectivity index (χ2n) is 3.55. The molecule has 2 saturated heterocycles. The van der Waals surface area contributed by atoms with E-state index in [1.54, 1.807) is 0 Å². The molecule has 0 aromatic rings. The summed E-state index contributed by atoms with van der Waals surface area (Å²) >= 11 is 12.2. The van der Waals surface area contributed by atoms with Crippen LogP contribution in [0.5, 0.6) is 0 Å². The van der Waals surface area contributed by atoms with Crippen molar-refractivity contribution in [2.24, 2.45) is 0 Å². The second-order valence-corrected chi connectivity index (χ2v) is 4.65. The van der Waals surface area contributed by atoms with Gasteiger partial charge >= 0.3 is 12.1 Å². The number of carbonyl (C=O) groups is 3. The smallest absolute Gasteiger partial charge is 0.298 e. The average molecular weight is 267 g/mol. The Morgan fingerprint density at radius 1 is 1.12 bits per heavy atom. The lowest BCUT2D eigenvalue weighted by Gasteiger charge is -2.42. The standard InChI is InChI=1S/C7H8Cl2N4O3/c1-12-5(16)13(2)7(9)6(12,8)3(14)10-4(15)11-7/h1-2H3,(H2,10,11,14,15). The summed E-state index contributed by atoms with van der Waals surface area (Å²) in [7, 11) is 2.67. The number of hydrogen-bond donors (Lipinski definition) is 2. The molecule has 7 nitrogen and oxygen atoms in total. The van der Waals surface area contributed by atoms with Gasteiger partial charge in [0.15, 0.2) is 0 Å². The van der Waals surface area contributed by atoms with Crippen LogP contribution in [0, 0.1) is 0 Å². The van der Waals surface area contributed by atoms with Gasteiger partial charge in [0.1, 0.15) is 0 Å². The van der Waals surface area contributed by atoms with Crippen LogP contribution in [0.2, 0.25) is 0 Å². The summed E-state index contributed by atoms with van der Waals surface area (Å²) in [5, 5.41) is 2.43. The highest BCUT2D eigenvalue weighted by molar-refractivity contribution is 6.46. The van der Waals surface area contributed by atoms with E-state index in [9.17, 15) is 14.4 Å². The van der Waals surface area contributed by atoms with Crippen molar-refractivity contribution in [1.82, 2.24) is 20.4 Å². The molecule has 9 heteroatoms. The molecule has 2 fully saturated rings. The van der Waals surface area contributed by atoms with Gasteiger partial charge in [-0.2, -0.15) is 0 Å². The fourth-order valence-electron chi connectivity index (χ4n) is 1.77. The van der Waals surface area contributed by atoms with E-state index in [1.165, 1.54) is 14.1 Å². The Hall–Kier alpha value is -1.21. The van der Waals surface area contributed by atoms with Crippen molar-refractivity contribution in [3.8, 4) is 0 Å². The van der Waals surface area contributed by atoms with Crippen LogP contribution in [0.3, 0.4) is 0 Å². The third-order valence-electron chi connectivity index (χ3n) is 2.74. The number of urea groups is 2. The van der Waals surface area contributed by atoms with Crippen molar-refractivity contribution in [2.75, 3.05) is 14.1 Å². The number of fused-ring (bicyclic) bond motifs is 1. The van der Waals surface area contributed by atoms with Crippen LogP contribution in [-0.4, -0.2) is 52.0 Å². The number of amides is 5. The fraction of sp³-hybridized carbons (Fsp3) is 0.571. The predicted octanol–water partition coefficient (Wildman–Crippen LogP) is -0.349. The monoisotopic (exact) mass is 266 g/mol. The summed E-state index contributed by atoms with van der Waals surface area (Å²) in [6, 6.07) is -1.37. The molecule has 2 rings (SSSR count). The van der Waals surface area contributed by atoms with Crippen LogP contribution < -0.4 is 10.6 Å². The van der Waals surface area contributed by atoms with E-state index in [4.69, 9.17) is 23.2 Å². The van der Waals surface area contributed by atoms with Gasteiger partial charge in [-0.1, -0.05) is 23.2 Å². The number of imide groups is 1. The van der Waals surface area contributed by atoms with E-state index in [2.05, 4.69) is 5.32 Å². The zero-order valence-electron chi connectivity index (χ0n) is 8.38. The molecule has 0 aromatic carbocycles. The van der Waals surface area contributed by atoms with Crippen LogP contribution in [-0.2, 0) is 4.79 Å². The lowest BCUT2D eigenvalue weighted by Crippen LogP contribution is -2.75. The van der Waals surface area contributed by atoms with Crippen molar-refractivity contribution >= 4 is 41.2 Å². The highest BCUT2D eigenvalue weighted by atomic mass is 35.5. The van der Waals surface area contributed by atoms with Gasteiger partial charge in [-0.15, -0.1) is 0 Å². The van der Waals surface area contributed by atoms with Gasteiger partial charge in [0.05, 0.1) is 0 Å². The molecule has 0 radical (unpaired) electrons. The highest BCUT2D eigenvalue weighted by Gasteiger charge is 2.71. The second kappa shape index (κ2) is 2.92. The zero-order valence-corrected chi connectivity index (χ0v) is 9.89. The van der Waals surface area contributed by atoms with Crippen LogP contribution >= 0.6 is 23.2 Å². The number of nitrogens with one attached hydrogen (secondary N) is 2. The lowest BCUT2D eigenvalue weighted by molar-refractivity contribution is -0.128. The predicted molar refractivity (Wildman–Crippen MR) is 54.8 cm³/mol. The van der Waals surface area contributed by atoms with Crippen molar-refractivity contribution in [1.29, 1.82) is 0 Å². The molecule has 2 N–H and O–H groups in total. The van der Waals surface area contributed by atoms with Gasteiger partial charge in [-0.05, 0) is 0 Å². The van der Waals surface area contributed by atoms with Crippen molar-refractivity contribution < 1.29 is 14.4 Å². The Labute approximate surface area is 101 Å². The number of nitrogens with zero attached hydrogens (tertiary/aromatic N) is 2. The van der Waals surface area contributed by atoms with E-state index in [1.807, 2.05) is 5.32 Å². The van der Waals surface area contributed by atoms with Gasteiger partial charge in [0.25, 0.3) is 10.9 Å². The molecule has 5 amide bonds. The van der Waals surface area contributed by atoms with Gasteiger partial charge < -0.3 is 0 Å². The molecule has 2 aliphatic heterocycles.